The number of primary sulfonamides is 1. The summed E-state index contributed by atoms with van der Waals surface area (Å²) in [5.74, 6) is -0.575. The van der Waals surface area contributed by atoms with E-state index in [1.54, 1.807) is 23.1 Å². The minimum absolute atomic E-state index is 0.0672. The molecule has 1 amide bonds. The Bertz CT molecular complexity index is 633. The molecular weight excluding hydrogens is 307 g/mol. The minimum atomic E-state index is -3.52. The molecule has 5 nitrogen and oxygen atoms in total. The van der Waals surface area contributed by atoms with E-state index in [2.05, 4.69) is 0 Å². The van der Waals surface area contributed by atoms with Gasteiger partial charge in [0.25, 0.3) is 0 Å². The van der Waals surface area contributed by atoms with Crippen LogP contribution in [-0.2, 0) is 21.2 Å². The van der Waals surface area contributed by atoms with E-state index >= 15 is 0 Å². The molecule has 1 heterocycles. The highest BCUT2D eigenvalue weighted by atomic mass is 32.2. The van der Waals surface area contributed by atoms with E-state index in [-0.39, 0.29) is 29.8 Å². The van der Waals surface area contributed by atoms with Gasteiger partial charge in [0.1, 0.15) is 5.82 Å². The highest BCUT2D eigenvalue weighted by molar-refractivity contribution is 7.89. The zero-order valence-corrected chi connectivity index (χ0v) is 13.2. The summed E-state index contributed by atoms with van der Waals surface area (Å²) in [6, 6.07) is 6.40. The molecule has 2 N–H and O–H groups in total. The molecule has 1 unspecified atom stereocenters. The molecule has 0 saturated carbocycles. The molecule has 1 aliphatic heterocycles. The van der Waals surface area contributed by atoms with Crippen molar-refractivity contribution < 1.29 is 17.6 Å². The average Bonchev–Trinajstić information content (AvgIpc) is 2.44. The third-order valence-electron chi connectivity index (χ3n) is 3.91. The number of nitrogens with two attached hydrogens (primary N) is 1. The van der Waals surface area contributed by atoms with Crippen molar-refractivity contribution in [1.82, 2.24) is 4.90 Å². The smallest absolute Gasteiger partial charge is 0.222 e. The highest BCUT2D eigenvalue weighted by Crippen LogP contribution is 2.19. The summed E-state index contributed by atoms with van der Waals surface area (Å²) < 4.78 is 35.8. The van der Waals surface area contributed by atoms with Crippen molar-refractivity contribution in [2.45, 2.75) is 25.7 Å². The van der Waals surface area contributed by atoms with Crippen LogP contribution >= 0.6 is 0 Å². The van der Waals surface area contributed by atoms with Crippen molar-refractivity contribution >= 4 is 15.9 Å². The van der Waals surface area contributed by atoms with Gasteiger partial charge in [-0.25, -0.2) is 17.9 Å². The second-order valence-electron chi connectivity index (χ2n) is 5.77. The first kappa shape index (κ1) is 16.9. The summed E-state index contributed by atoms with van der Waals surface area (Å²) >= 11 is 0. The van der Waals surface area contributed by atoms with Gasteiger partial charge < -0.3 is 4.90 Å². The number of amides is 1. The van der Waals surface area contributed by atoms with Crippen molar-refractivity contribution in [3.63, 3.8) is 0 Å². The van der Waals surface area contributed by atoms with Crippen molar-refractivity contribution in [2.24, 2.45) is 11.1 Å². The number of hydrogen-bond donors (Lipinski definition) is 1. The predicted octanol–water partition coefficient (Wildman–Crippen LogP) is 1.29. The van der Waals surface area contributed by atoms with E-state index < -0.39 is 10.0 Å². The van der Waals surface area contributed by atoms with Crippen LogP contribution in [0.1, 0.15) is 24.8 Å². The summed E-state index contributed by atoms with van der Waals surface area (Å²) in [4.78, 5) is 13.9. The van der Waals surface area contributed by atoms with Crippen molar-refractivity contribution in [3.8, 4) is 0 Å². The molecule has 1 aromatic rings. The molecule has 0 aliphatic carbocycles. The molecule has 1 saturated heterocycles. The number of nitrogens with zero attached hydrogens (tertiary/aromatic N) is 1. The van der Waals surface area contributed by atoms with E-state index in [1.807, 2.05) is 0 Å². The number of aryl methyl sites for hydroxylation is 1. The first-order valence-corrected chi connectivity index (χ1v) is 9.08. The first-order valence-electron chi connectivity index (χ1n) is 7.37. The van der Waals surface area contributed by atoms with Crippen LogP contribution in [0.3, 0.4) is 0 Å². The van der Waals surface area contributed by atoms with Gasteiger partial charge in [-0.1, -0.05) is 18.2 Å². The van der Waals surface area contributed by atoms with Gasteiger partial charge in [-0.15, -0.1) is 0 Å². The van der Waals surface area contributed by atoms with E-state index in [4.69, 9.17) is 5.14 Å². The fraction of sp³-hybridized carbons (Fsp3) is 0.533. The van der Waals surface area contributed by atoms with Crippen LogP contribution in [0.2, 0.25) is 0 Å². The fourth-order valence-corrected chi connectivity index (χ4v) is 3.79. The van der Waals surface area contributed by atoms with Gasteiger partial charge in [-0.05, 0) is 36.8 Å². The zero-order chi connectivity index (χ0) is 16.2. The SMILES string of the molecule is NS(=O)(=O)CC1CCCN(C(=O)CCc2ccccc2F)C1. The molecule has 122 valence electrons. The van der Waals surface area contributed by atoms with Gasteiger partial charge in [0.05, 0.1) is 5.75 Å². The molecule has 7 heteroatoms. The summed E-state index contributed by atoms with van der Waals surface area (Å²) in [6.45, 7) is 1.03. The van der Waals surface area contributed by atoms with Crippen LogP contribution in [0.5, 0.6) is 0 Å². The number of piperidine rings is 1. The molecule has 0 radical (unpaired) electrons. The number of benzene rings is 1. The number of sulfonamides is 1. The summed E-state index contributed by atoms with van der Waals surface area (Å²) in [7, 11) is -3.52. The van der Waals surface area contributed by atoms with Gasteiger partial charge in [-0.3, -0.25) is 4.79 Å². The maximum Gasteiger partial charge on any atom is 0.222 e. The normalized spacial score (nSPS) is 19.2. The van der Waals surface area contributed by atoms with Crippen LogP contribution in [0.4, 0.5) is 4.39 Å². The standard InChI is InChI=1S/C15H21FN2O3S/c16-14-6-2-1-5-13(14)7-8-15(19)18-9-3-4-12(10-18)11-22(17,20)21/h1-2,5-6,12H,3-4,7-11H2,(H2,17,20,21). The van der Waals surface area contributed by atoms with Gasteiger partial charge in [-0.2, -0.15) is 0 Å². The quantitative estimate of drug-likeness (QED) is 0.884. The average molecular weight is 328 g/mol. The summed E-state index contributed by atoms with van der Waals surface area (Å²) in [5, 5.41) is 5.07. The molecule has 0 bridgehead atoms. The molecule has 1 fully saturated rings. The number of carbonyl (C=O) groups excluding carboxylic acids is 1. The predicted molar refractivity (Wildman–Crippen MR) is 82.0 cm³/mol. The van der Waals surface area contributed by atoms with Gasteiger partial charge in [0.15, 0.2) is 0 Å². The van der Waals surface area contributed by atoms with E-state index in [1.165, 1.54) is 6.07 Å². The second-order valence-corrected chi connectivity index (χ2v) is 7.43. The van der Waals surface area contributed by atoms with Gasteiger partial charge in [0, 0.05) is 19.5 Å². The maximum atomic E-state index is 13.5. The van der Waals surface area contributed by atoms with Crippen LogP contribution < -0.4 is 5.14 Å². The lowest BCUT2D eigenvalue weighted by Gasteiger charge is -2.32. The first-order chi connectivity index (χ1) is 10.3. The molecule has 22 heavy (non-hydrogen) atoms. The lowest BCUT2D eigenvalue weighted by Crippen LogP contribution is -2.42. The Morgan fingerprint density at radius 1 is 1.36 bits per heavy atom. The Hall–Kier alpha value is -1.47. The molecular formula is C15H21FN2O3S. The number of halogens is 1. The van der Waals surface area contributed by atoms with E-state index in [0.29, 0.717) is 25.1 Å². The van der Waals surface area contributed by atoms with Crippen LogP contribution in [0.15, 0.2) is 24.3 Å². The van der Waals surface area contributed by atoms with Gasteiger partial charge in [0.2, 0.25) is 15.9 Å². The molecule has 1 aromatic carbocycles. The minimum Gasteiger partial charge on any atom is -0.342 e. The number of hydrogen-bond acceptors (Lipinski definition) is 3. The highest BCUT2D eigenvalue weighted by Gasteiger charge is 2.26. The third kappa shape index (κ3) is 5.06. The fourth-order valence-electron chi connectivity index (χ4n) is 2.86. The lowest BCUT2D eigenvalue weighted by atomic mass is 9.99. The summed E-state index contributed by atoms with van der Waals surface area (Å²) in [5.41, 5.74) is 0.522. The van der Waals surface area contributed by atoms with Crippen molar-refractivity contribution in [3.05, 3.63) is 35.6 Å². The lowest BCUT2D eigenvalue weighted by molar-refractivity contribution is -0.132. The Kier molecular flexibility index (Phi) is 5.52. The number of carbonyl (C=O) groups is 1. The number of likely N-dealkylation sites (tertiary alicyclic amines) is 1. The Balaban J connectivity index is 1.88. The van der Waals surface area contributed by atoms with Crippen molar-refractivity contribution in [1.29, 1.82) is 0 Å². The van der Waals surface area contributed by atoms with Crippen molar-refractivity contribution in [2.75, 3.05) is 18.8 Å². The third-order valence-corrected chi connectivity index (χ3v) is 4.84. The molecule has 0 spiro atoms. The van der Waals surface area contributed by atoms with Crippen LogP contribution in [0, 0.1) is 11.7 Å². The largest absolute Gasteiger partial charge is 0.342 e. The Morgan fingerprint density at radius 3 is 2.77 bits per heavy atom. The molecule has 0 aromatic heterocycles. The van der Waals surface area contributed by atoms with E-state index in [9.17, 15) is 17.6 Å². The monoisotopic (exact) mass is 328 g/mol. The Morgan fingerprint density at radius 2 is 2.09 bits per heavy atom. The van der Waals surface area contributed by atoms with E-state index in [0.717, 1.165) is 12.8 Å². The van der Waals surface area contributed by atoms with Crippen LogP contribution in [0.25, 0.3) is 0 Å². The summed E-state index contributed by atoms with van der Waals surface area (Å²) in [6.07, 6.45) is 2.10. The number of rotatable bonds is 5. The molecule has 1 aliphatic rings. The maximum absolute atomic E-state index is 13.5. The second kappa shape index (κ2) is 7.19. The molecule has 2 rings (SSSR count). The topological polar surface area (TPSA) is 80.5 Å². The molecule has 1 atom stereocenters. The Labute approximate surface area is 130 Å². The van der Waals surface area contributed by atoms with Gasteiger partial charge >= 0.3 is 0 Å². The van der Waals surface area contributed by atoms with Crippen LogP contribution in [-0.4, -0.2) is 38.1 Å². The zero-order valence-electron chi connectivity index (χ0n) is 12.4.